The molecule has 1 saturated heterocycles. The molecule has 1 aromatic rings. The van der Waals surface area contributed by atoms with Crippen molar-refractivity contribution in [3.8, 4) is 11.5 Å². The number of ether oxygens (including phenoxy) is 3. The van der Waals surface area contributed by atoms with Gasteiger partial charge in [0.15, 0.2) is 11.5 Å². The number of nitrogens with two attached hydrogens (primary N) is 1. The smallest absolute Gasteiger partial charge is 0.162 e. The van der Waals surface area contributed by atoms with E-state index in [0.717, 1.165) is 25.2 Å². The monoisotopic (exact) mass is 263 g/mol. The Labute approximate surface area is 113 Å². The van der Waals surface area contributed by atoms with E-state index in [1.54, 1.807) is 13.2 Å². The van der Waals surface area contributed by atoms with Gasteiger partial charge in [-0.05, 0) is 31.4 Å². The Kier molecular flexibility index (Phi) is 3.27. The lowest BCUT2D eigenvalue weighted by molar-refractivity contribution is -0.153. The SMILES string of the molecule is COc1cc(N)ccc1OC1CCOC2(CCC2)C1. The zero-order valence-corrected chi connectivity index (χ0v) is 11.4. The molecule has 1 spiro atoms. The van der Waals surface area contributed by atoms with Crippen molar-refractivity contribution >= 4 is 5.69 Å². The first-order chi connectivity index (χ1) is 9.21. The van der Waals surface area contributed by atoms with Crippen molar-refractivity contribution in [3.63, 3.8) is 0 Å². The van der Waals surface area contributed by atoms with E-state index in [1.165, 1.54) is 19.3 Å². The molecule has 3 rings (SSSR count). The molecule has 4 heteroatoms. The van der Waals surface area contributed by atoms with E-state index in [0.29, 0.717) is 11.4 Å². The summed E-state index contributed by atoms with van der Waals surface area (Å²) in [4.78, 5) is 0. The first-order valence-corrected chi connectivity index (χ1v) is 6.95. The minimum atomic E-state index is 0.101. The molecule has 1 atom stereocenters. The molecule has 1 aromatic carbocycles. The lowest BCUT2D eigenvalue weighted by Gasteiger charge is -2.46. The van der Waals surface area contributed by atoms with Crippen molar-refractivity contribution in [2.45, 2.75) is 43.8 Å². The van der Waals surface area contributed by atoms with Crippen LogP contribution in [0.3, 0.4) is 0 Å². The van der Waals surface area contributed by atoms with E-state index in [-0.39, 0.29) is 11.7 Å². The summed E-state index contributed by atoms with van der Waals surface area (Å²) >= 11 is 0. The summed E-state index contributed by atoms with van der Waals surface area (Å²) in [5, 5.41) is 0. The molecule has 1 aliphatic carbocycles. The minimum Gasteiger partial charge on any atom is -0.493 e. The van der Waals surface area contributed by atoms with Gasteiger partial charge < -0.3 is 19.9 Å². The maximum atomic E-state index is 6.10. The molecule has 2 fully saturated rings. The molecule has 2 N–H and O–H groups in total. The normalized spacial score (nSPS) is 24.8. The molecule has 0 bridgehead atoms. The molecule has 4 nitrogen and oxygen atoms in total. The van der Waals surface area contributed by atoms with Gasteiger partial charge in [-0.25, -0.2) is 0 Å². The van der Waals surface area contributed by atoms with Gasteiger partial charge in [0.1, 0.15) is 6.10 Å². The molecule has 19 heavy (non-hydrogen) atoms. The largest absolute Gasteiger partial charge is 0.493 e. The van der Waals surface area contributed by atoms with Crippen LogP contribution in [-0.2, 0) is 4.74 Å². The van der Waals surface area contributed by atoms with Crippen LogP contribution in [0.4, 0.5) is 5.69 Å². The molecule has 0 amide bonds. The van der Waals surface area contributed by atoms with Gasteiger partial charge in [0, 0.05) is 24.6 Å². The van der Waals surface area contributed by atoms with Crippen LogP contribution < -0.4 is 15.2 Å². The van der Waals surface area contributed by atoms with Crippen LogP contribution in [0.2, 0.25) is 0 Å². The zero-order chi connectivity index (χ0) is 13.3. The Morgan fingerprint density at radius 3 is 2.84 bits per heavy atom. The van der Waals surface area contributed by atoms with Crippen molar-refractivity contribution in [1.82, 2.24) is 0 Å². The second kappa shape index (κ2) is 4.93. The molecule has 1 heterocycles. The van der Waals surface area contributed by atoms with Gasteiger partial charge in [-0.1, -0.05) is 0 Å². The second-order valence-corrected chi connectivity index (χ2v) is 5.53. The fourth-order valence-corrected chi connectivity index (χ4v) is 2.96. The van der Waals surface area contributed by atoms with Crippen LogP contribution in [-0.4, -0.2) is 25.4 Å². The fourth-order valence-electron chi connectivity index (χ4n) is 2.96. The molecule has 0 aromatic heterocycles. The lowest BCUT2D eigenvalue weighted by Crippen LogP contribution is -2.48. The summed E-state index contributed by atoms with van der Waals surface area (Å²) in [5.74, 6) is 1.48. The quantitative estimate of drug-likeness (QED) is 0.852. The van der Waals surface area contributed by atoms with E-state index < -0.39 is 0 Å². The number of anilines is 1. The fraction of sp³-hybridized carbons (Fsp3) is 0.600. The summed E-state index contributed by atoms with van der Waals surface area (Å²) in [6.45, 7) is 0.794. The van der Waals surface area contributed by atoms with Crippen LogP contribution in [0.25, 0.3) is 0 Å². The van der Waals surface area contributed by atoms with Gasteiger partial charge in [0.2, 0.25) is 0 Å². The predicted molar refractivity (Wildman–Crippen MR) is 73.6 cm³/mol. The van der Waals surface area contributed by atoms with Crippen molar-refractivity contribution in [2.24, 2.45) is 0 Å². The van der Waals surface area contributed by atoms with Gasteiger partial charge in [-0.15, -0.1) is 0 Å². The highest BCUT2D eigenvalue weighted by molar-refractivity contribution is 5.52. The maximum absolute atomic E-state index is 6.10. The van der Waals surface area contributed by atoms with Crippen LogP contribution >= 0.6 is 0 Å². The van der Waals surface area contributed by atoms with E-state index in [1.807, 2.05) is 12.1 Å². The Bertz CT molecular complexity index is 457. The van der Waals surface area contributed by atoms with E-state index in [4.69, 9.17) is 19.9 Å². The summed E-state index contributed by atoms with van der Waals surface area (Å²) in [6, 6.07) is 5.53. The first-order valence-electron chi connectivity index (χ1n) is 6.95. The molecule has 1 aliphatic heterocycles. The number of rotatable bonds is 3. The van der Waals surface area contributed by atoms with Crippen molar-refractivity contribution < 1.29 is 14.2 Å². The summed E-state index contributed by atoms with van der Waals surface area (Å²) < 4.78 is 17.3. The highest BCUT2D eigenvalue weighted by atomic mass is 16.5. The van der Waals surface area contributed by atoms with E-state index in [9.17, 15) is 0 Å². The standard InChI is InChI=1S/C15H21NO3/c1-17-14-9-11(16)3-4-13(14)19-12-5-8-18-15(10-12)6-2-7-15/h3-4,9,12H,2,5-8,10,16H2,1H3. The number of hydrogen-bond acceptors (Lipinski definition) is 4. The van der Waals surface area contributed by atoms with Gasteiger partial charge in [0.05, 0.1) is 19.3 Å². The predicted octanol–water partition coefficient (Wildman–Crippen LogP) is 2.76. The molecular formula is C15H21NO3. The zero-order valence-electron chi connectivity index (χ0n) is 11.4. The van der Waals surface area contributed by atoms with Gasteiger partial charge in [-0.3, -0.25) is 0 Å². The maximum Gasteiger partial charge on any atom is 0.162 e. The summed E-state index contributed by atoms with van der Waals surface area (Å²) in [7, 11) is 1.64. The van der Waals surface area contributed by atoms with Gasteiger partial charge in [-0.2, -0.15) is 0 Å². The molecule has 2 aliphatic rings. The van der Waals surface area contributed by atoms with Crippen LogP contribution in [0.15, 0.2) is 18.2 Å². The molecule has 1 unspecified atom stereocenters. The number of hydrogen-bond donors (Lipinski definition) is 1. The molecule has 1 saturated carbocycles. The van der Waals surface area contributed by atoms with E-state index in [2.05, 4.69) is 0 Å². The molecule has 104 valence electrons. The average molecular weight is 263 g/mol. The Balaban J connectivity index is 1.70. The molecule has 0 radical (unpaired) electrons. The Morgan fingerprint density at radius 1 is 1.32 bits per heavy atom. The minimum absolute atomic E-state index is 0.101. The van der Waals surface area contributed by atoms with Crippen LogP contribution in [0.1, 0.15) is 32.1 Å². The van der Waals surface area contributed by atoms with Gasteiger partial charge in [0.25, 0.3) is 0 Å². The highest BCUT2D eigenvalue weighted by Crippen LogP contribution is 2.43. The second-order valence-electron chi connectivity index (χ2n) is 5.53. The topological polar surface area (TPSA) is 53.7 Å². The third kappa shape index (κ3) is 2.50. The summed E-state index contributed by atoms with van der Waals surface area (Å²) in [5.41, 5.74) is 6.54. The Hall–Kier alpha value is -1.42. The number of methoxy groups -OCH3 is 1. The van der Waals surface area contributed by atoms with Crippen molar-refractivity contribution in [2.75, 3.05) is 19.5 Å². The molecular weight excluding hydrogens is 242 g/mol. The summed E-state index contributed by atoms with van der Waals surface area (Å²) in [6.07, 6.45) is 5.76. The third-order valence-electron chi connectivity index (χ3n) is 4.19. The van der Waals surface area contributed by atoms with Crippen LogP contribution in [0, 0.1) is 0 Å². The first kappa shape index (κ1) is 12.6. The third-order valence-corrected chi connectivity index (χ3v) is 4.19. The average Bonchev–Trinajstić information content (AvgIpc) is 2.39. The van der Waals surface area contributed by atoms with Crippen molar-refractivity contribution in [1.29, 1.82) is 0 Å². The van der Waals surface area contributed by atoms with E-state index >= 15 is 0 Å². The highest BCUT2D eigenvalue weighted by Gasteiger charge is 2.43. The Morgan fingerprint density at radius 2 is 2.16 bits per heavy atom. The number of nitrogen functional groups attached to an aromatic ring is 1. The van der Waals surface area contributed by atoms with Gasteiger partial charge >= 0.3 is 0 Å². The number of benzene rings is 1. The van der Waals surface area contributed by atoms with Crippen LogP contribution in [0.5, 0.6) is 11.5 Å². The lowest BCUT2D eigenvalue weighted by atomic mass is 9.74. The van der Waals surface area contributed by atoms with Crippen molar-refractivity contribution in [3.05, 3.63) is 18.2 Å².